The van der Waals surface area contributed by atoms with Crippen molar-refractivity contribution in [1.82, 2.24) is 0 Å². The molecule has 70 valence electrons. The van der Waals surface area contributed by atoms with Crippen molar-refractivity contribution in [2.45, 2.75) is 25.8 Å². The van der Waals surface area contributed by atoms with Gasteiger partial charge in [-0.25, -0.2) is 0 Å². The molecule has 1 aliphatic carbocycles. The van der Waals surface area contributed by atoms with Crippen molar-refractivity contribution in [2.75, 3.05) is 0 Å². The molecular weight excluding hydrogens is 180 g/mol. The number of nitrogens with two attached hydrogens (primary N) is 1. The van der Waals surface area contributed by atoms with Gasteiger partial charge in [-0.2, -0.15) is 0 Å². The predicted molar refractivity (Wildman–Crippen MR) is 57.1 cm³/mol. The molecule has 0 aliphatic heterocycles. The Morgan fingerprint density at radius 2 is 2.46 bits per heavy atom. The third-order valence-corrected chi connectivity index (χ3v) is 3.34. The Kier molecular flexibility index (Phi) is 2.36. The first kappa shape index (κ1) is 8.75. The third-order valence-electron chi connectivity index (χ3n) is 2.29. The lowest BCUT2D eigenvalue weighted by Crippen LogP contribution is -2.14. The first-order valence-corrected chi connectivity index (χ1v) is 5.52. The number of nitrogens with zero attached hydrogens (tertiary/aromatic N) is 1. The molecular formula is C10H14N2S. The normalized spacial score (nSPS) is 20.2. The zero-order chi connectivity index (χ0) is 9.26. The van der Waals surface area contributed by atoms with E-state index in [0.29, 0.717) is 5.92 Å². The Morgan fingerprint density at radius 1 is 1.69 bits per heavy atom. The fraction of sp³-hybridized carbons (Fsp3) is 0.500. The fourth-order valence-electron chi connectivity index (χ4n) is 1.30. The van der Waals surface area contributed by atoms with Crippen molar-refractivity contribution >= 4 is 17.2 Å². The van der Waals surface area contributed by atoms with Gasteiger partial charge in [-0.1, -0.05) is 6.07 Å². The minimum Gasteiger partial charge on any atom is -0.387 e. The molecule has 1 aliphatic rings. The topological polar surface area (TPSA) is 38.4 Å². The number of hydrogen-bond acceptors (Lipinski definition) is 2. The second kappa shape index (κ2) is 3.50. The van der Waals surface area contributed by atoms with Gasteiger partial charge in [0.05, 0.1) is 11.9 Å². The minimum absolute atomic E-state index is 0.237. The molecule has 0 radical (unpaired) electrons. The second-order valence-electron chi connectivity index (χ2n) is 3.52. The van der Waals surface area contributed by atoms with Gasteiger partial charge in [0.1, 0.15) is 0 Å². The van der Waals surface area contributed by atoms with Gasteiger partial charge >= 0.3 is 0 Å². The first-order chi connectivity index (χ1) is 6.27. The first-order valence-electron chi connectivity index (χ1n) is 4.64. The third kappa shape index (κ3) is 2.10. The predicted octanol–water partition coefficient (Wildman–Crippen LogP) is 2.58. The van der Waals surface area contributed by atoms with Crippen molar-refractivity contribution in [2.24, 2.45) is 16.6 Å². The van der Waals surface area contributed by atoms with E-state index in [1.54, 1.807) is 11.3 Å². The van der Waals surface area contributed by atoms with Crippen molar-refractivity contribution in [3.63, 3.8) is 0 Å². The van der Waals surface area contributed by atoms with Crippen LogP contribution in [0.5, 0.6) is 0 Å². The maximum Gasteiger partial charge on any atom is 0.0976 e. The molecule has 2 nitrogen and oxygen atoms in total. The molecule has 1 unspecified atom stereocenters. The highest BCUT2D eigenvalue weighted by atomic mass is 32.1. The summed E-state index contributed by atoms with van der Waals surface area (Å²) in [4.78, 5) is 5.78. The van der Waals surface area contributed by atoms with Crippen LogP contribution in [0.2, 0.25) is 0 Å². The van der Waals surface area contributed by atoms with E-state index in [-0.39, 0.29) is 6.04 Å². The largest absolute Gasteiger partial charge is 0.387 e. The van der Waals surface area contributed by atoms with Crippen molar-refractivity contribution < 1.29 is 0 Å². The summed E-state index contributed by atoms with van der Waals surface area (Å²) < 4.78 is 0. The molecule has 0 amide bonds. The molecule has 3 heteroatoms. The zero-order valence-corrected chi connectivity index (χ0v) is 8.55. The smallest absolute Gasteiger partial charge is 0.0976 e. The summed E-state index contributed by atoms with van der Waals surface area (Å²) in [5, 5.41) is 2.08. The maximum absolute atomic E-state index is 5.84. The van der Waals surface area contributed by atoms with E-state index in [4.69, 9.17) is 5.73 Å². The van der Waals surface area contributed by atoms with Crippen LogP contribution in [-0.2, 0) is 0 Å². The summed E-state index contributed by atoms with van der Waals surface area (Å²) in [6.45, 7) is 2.10. The number of thiophene rings is 1. The standard InChI is InChI=1S/C10H14N2S/c1-7(9-3-2-6-13-9)12-10(11)8-4-5-8/h2-3,6-8H,4-5H2,1H3,(H2,11,12). The molecule has 2 N–H and O–H groups in total. The SMILES string of the molecule is CC(N=C(N)C1CC1)c1cccs1. The average molecular weight is 194 g/mol. The Labute approximate surface area is 82.5 Å². The Morgan fingerprint density at radius 3 is 3.00 bits per heavy atom. The summed E-state index contributed by atoms with van der Waals surface area (Å²) >= 11 is 1.74. The van der Waals surface area contributed by atoms with Crippen molar-refractivity contribution in [1.29, 1.82) is 0 Å². The number of aliphatic imine (C=N–C) groups is 1. The minimum atomic E-state index is 0.237. The van der Waals surface area contributed by atoms with E-state index in [1.807, 2.05) is 0 Å². The molecule has 1 saturated carbocycles. The summed E-state index contributed by atoms with van der Waals surface area (Å²) in [7, 11) is 0. The lowest BCUT2D eigenvalue weighted by atomic mass is 10.3. The van der Waals surface area contributed by atoms with Crippen LogP contribution in [0.25, 0.3) is 0 Å². The molecule has 2 rings (SSSR count). The van der Waals surface area contributed by atoms with Gasteiger partial charge in [-0.15, -0.1) is 11.3 Å². The summed E-state index contributed by atoms with van der Waals surface area (Å²) in [5.74, 6) is 1.43. The number of hydrogen-bond donors (Lipinski definition) is 1. The summed E-state index contributed by atoms with van der Waals surface area (Å²) in [6, 6.07) is 4.40. The Balaban J connectivity index is 2.05. The Hall–Kier alpha value is -0.830. The van der Waals surface area contributed by atoms with E-state index in [1.165, 1.54) is 17.7 Å². The van der Waals surface area contributed by atoms with Gasteiger partial charge in [0, 0.05) is 10.8 Å². The lowest BCUT2D eigenvalue weighted by molar-refractivity contribution is 0.827. The van der Waals surface area contributed by atoms with Gasteiger partial charge in [-0.3, -0.25) is 4.99 Å². The summed E-state index contributed by atoms with van der Waals surface area (Å²) in [6.07, 6.45) is 2.46. The van der Waals surface area contributed by atoms with Gasteiger partial charge in [-0.05, 0) is 31.2 Å². The van der Waals surface area contributed by atoms with Crippen LogP contribution in [0.4, 0.5) is 0 Å². The van der Waals surface area contributed by atoms with E-state index in [9.17, 15) is 0 Å². The Bertz CT molecular complexity index is 299. The van der Waals surface area contributed by atoms with Gasteiger partial charge in [0.25, 0.3) is 0 Å². The van der Waals surface area contributed by atoms with Crippen LogP contribution in [0.15, 0.2) is 22.5 Å². The van der Waals surface area contributed by atoms with Gasteiger partial charge < -0.3 is 5.73 Å². The van der Waals surface area contributed by atoms with E-state index < -0.39 is 0 Å². The zero-order valence-electron chi connectivity index (χ0n) is 7.73. The average Bonchev–Trinajstić information content (AvgIpc) is 2.81. The van der Waals surface area contributed by atoms with Crippen LogP contribution in [0, 0.1) is 5.92 Å². The number of amidine groups is 1. The number of rotatable bonds is 3. The molecule has 0 saturated heterocycles. The van der Waals surface area contributed by atoms with Crippen LogP contribution in [0.3, 0.4) is 0 Å². The highest BCUT2D eigenvalue weighted by Gasteiger charge is 2.25. The molecule has 1 aromatic heterocycles. The van der Waals surface area contributed by atoms with Crippen molar-refractivity contribution in [3.05, 3.63) is 22.4 Å². The molecule has 0 aromatic carbocycles. The van der Waals surface area contributed by atoms with Crippen LogP contribution >= 0.6 is 11.3 Å². The van der Waals surface area contributed by atoms with Crippen molar-refractivity contribution in [3.8, 4) is 0 Å². The monoisotopic (exact) mass is 194 g/mol. The summed E-state index contributed by atoms with van der Waals surface area (Å²) in [5.41, 5.74) is 5.84. The molecule has 1 fully saturated rings. The molecule has 0 bridgehead atoms. The highest BCUT2D eigenvalue weighted by molar-refractivity contribution is 7.10. The molecule has 0 spiro atoms. The second-order valence-corrected chi connectivity index (χ2v) is 4.50. The van der Waals surface area contributed by atoms with Crippen LogP contribution < -0.4 is 5.73 Å². The van der Waals surface area contributed by atoms with Crippen LogP contribution in [0.1, 0.15) is 30.7 Å². The quantitative estimate of drug-likeness (QED) is 0.583. The van der Waals surface area contributed by atoms with Gasteiger partial charge in [0.2, 0.25) is 0 Å². The van der Waals surface area contributed by atoms with E-state index >= 15 is 0 Å². The molecule has 1 aromatic rings. The highest BCUT2D eigenvalue weighted by Crippen LogP contribution is 2.30. The molecule has 13 heavy (non-hydrogen) atoms. The maximum atomic E-state index is 5.84. The van der Waals surface area contributed by atoms with E-state index in [0.717, 1.165) is 5.84 Å². The van der Waals surface area contributed by atoms with Crippen LogP contribution in [-0.4, -0.2) is 5.84 Å². The van der Waals surface area contributed by atoms with Gasteiger partial charge in [0.15, 0.2) is 0 Å². The lowest BCUT2D eigenvalue weighted by Gasteiger charge is -2.04. The molecule has 1 heterocycles. The van der Waals surface area contributed by atoms with E-state index in [2.05, 4.69) is 29.4 Å². The molecule has 1 atom stereocenters. The fourth-order valence-corrected chi connectivity index (χ4v) is 2.02.